The Morgan fingerprint density at radius 1 is 0.641 bits per heavy atom. The molecule has 0 fully saturated rings. The largest absolute Gasteiger partial charge is 0.496 e. The van der Waals surface area contributed by atoms with Crippen LogP contribution in [0.5, 0.6) is 23.0 Å². The van der Waals surface area contributed by atoms with E-state index < -0.39 is 11.9 Å². The third-order valence-electron chi connectivity index (χ3n) is 5.59. The van der Waals surface area contributed by atoms with Gasteiger partial charge < -0.3 is 18.9 Å². The van der Waals surface area contributed by atoms with Crippen molar-refractivity contribution in [2.45, 2.75) is 20.8 Å². The molecule has 0 spiro atoms. The average molecular weight is 527 g/mol. The van der Waals surface area contributed by atoms with Crippen molar-refractivity contribution in [1.29, 1.82) is 0 Å². The zero-order valence-electron chi connectivity index (χ0n) is 22.5. The molecule has 0 aliphatic heterocycles. The molecular weight excluding hydrogens is 496 g/mol. The lowest BCUT2D eigenvalue weighted by molar-refractivity contribution is -0.131. The summed E-state index contributed by atoms with van der Waals surface area (Å²) in [7, 11) is 1.57. The molecule has 0 aromatic heterocycles. The second-order valence-electron chi connectivity index (χ2n) is 8.93. The van der Waals surface area contributed by atoms with Crippen molar-refractivity contribution >= 4 is 17.7 Å². The average Bonchev–Trinajstić information content (AvgIpc) is 2.91. The van der Waals surface area contributed by atoms with E-state index in [1.54, 1.807) is 51.3 Å². The highest BCUT2D eigenvalue weighted by Gasteiger charge is 2.16. The molecule has 3 rings (SSSR count). The maximum atomic E-state index is 12.3. The van der Waals surface area contributed by atoms with E-state index in [9.17, 15) is 14.4 Å². The first kappa shape index (κ1) is 28.7. The van der Waals surface area contributed by atoms with Crippen LogP contribution in [0, 0.1) is 0 Å². The molecule has 3 aromatic carbocycles. The fourth-order valence-electron chi connectivity index (χ4n) is 3.35. The Balaban J connectivity index is 1.93. The number of esters is 2. The first-order chi connectivity index (χ1) is 18.5. The van der Waals surface area contributed by atoms with Crippen LogP contribution in [0.25, 0.3) is 22.3 Å². The summed E-state index contributed by atoms with van der Waals surface area (Å²) < 4.78 is 22.0. The summed E-state index contributed by atoms with van der Waals surface area (Å²) in [6.45, 7) is 15.3. The zero-order valence-corrected chi connectivity index (χ0v) is 22.5. The minimum absolute atomic E-state index is 0.151. The van der Waals surface area contributed by atoms with Crippen LogP contribution in [0.15, 0.2) is 97.1 Å². The van der Waals surface area contributed by atoms with Gasteiger partial charge in [0.05, 0.1) is 7.11 Å². The van der Waals surface area contributed by atoms with Crippen molar-refractivity contribution in [2.24, 2.45) is 0 Å². The van der Waals surface area contributed by atoms with Gasteiger partial charge in [0.1, 0.15) is 11.5 Å². The zero-order chi connectivity index (χ0) is 28.7. The molecule has 0 atom stereocenters. The highest BCUT2D eigenvalue weighted by Crippen LogP contribution is 2.38. The van der Waals surface area contributed by atoms with E-state index in [-0.39, 0.29) is 29.5 Å². The van der Waals surface area contributed by atoms with Gasteiger partial charge in [-0.1, -0.05) is 50.1 Å². The molecule has 0 saturated carbocycles. The van der Waals surface area contributed by atoms with Crippen molar-refractivity contribution in [3.8, 4) is 45.3 Å². The molecule has 7 nitrogen and oxygen atoms in total. The van der Waals surface area contributed by atoms with Crippen LogP contribution in [0.2, 0.25) is 0 Å². The molecule has 0 saturated heterocycles. The Labute approximate surface area is 228 Å². The minimum Gasteiger partial charge on any atom is -0.496 e. The highest BCUT2D eigenvalue weighted by molar-refractivity contribution is 5.95. The molecule has 39 heavy (non-hydrogen) atoms. The van der Waals surface area contributed by atoms with Crippen molar-refractivity contribution in [3.63, 3.8) is 0 Å². The summed E-state index contributed by atoms with van der Waals surface area (Å²) in [5, 5.41) is 0. The molecule has 0 amide bonds. The second kappa shape index (κ2) is 12.6. The third-order valence-corrected chi connectivity index (χ3v) is 5.59. The predicted molar refractivity (Wildman–Crippen MR) is 150 cm³/mol. The van der Waals surface area contributed by atoms with E-state index in [0.29, 0.717) is 22.6 Å². The minimum atomic E-state index is -0.617. The number of benzene rings is 3. The Kier molecular flexibility index (Phi) is 9.23. The van der Waals surface area contributed by atoms with Gasteiger partial charge in [0.15, 0.2) is 23.9 Å². The van der Waals surface area contributed by atoms with E-state index in [1.165, 1.54) is 6.92 Å². The quantitative estimate of drug-likeness (QED) is 0.160. The molecule has 0 N–H and O–H groups in total. The van der Waals surface area contributed by atoms with Crippen molar-refractivity contribution in [2.75, 3.05) is 13.7 Å². The fraction of sp³-hybridized carbons (Fsp3) is 0.156. The van der Waals surface area contributed by atoms with Gasteiger partial charge >= 0.3 is 11.9 Å². The summed E-state index contributed by atoms with van der Waals surface area (Å²) in [6.07, 6.45) is 0. The second-order valence-corrected chi connectivity index (χ2v) is 8.93. The van der Waals surface area contributed by atoms with Gasteiger partial charge in [-0.15, -0.1) is 0 Å². The number of hydrogen-bond acceptors (Lipinski definition) is 7. The van der Waals surface area contributed by atoms with E-state index in [4.69, 9.17) is 18.9 Å². The third kappa shape index (κ3) is 7.32. The maximum absolute atomic E-state index is 12.3. The Morgan fingerprint density at radius 3 is 1.74 bits per heavy atom. The van der Waals surface area contributed by atoms with Crippen LogP contribution in [-0.4, -0.2) is 31.4 Å². The lowest BCUT2D eigenvalue weighted by atomic mass is 9.98. The molecule has 3 aromatic rings. The molecule has 7 heteroatoms. The number of carbonyl (C=O) groups excluding carboxylic acids is 3. The number of ketones is 1. The molecule has 0 aliphatic rings. The smallest absolute Gasteiger partial charge is 0.338 e. The topological polar surface area (TPSA) is 88.1 Å². The molecule has 0 heterocycles. The SMILES string of the molecule is C=C(C)C(=O)COc1ccc(-c2ccc(-c3ccc(OC(=O)C(=C)C)cc3)c(OC)c2)cc1OC(=O)C(=C)C. The molecule has 0 radical (unpaired) electrons. The molecule has 0 unspecified atom stereocenters. The van der Waals surface area contributed by atoms with Gasteiger partial charge in [0, 0.05) is 16.7 Å². The fourth-order valence-corrected chi connectivity index (χ4v) is 3.35. The summed E-state index contributed by atoms with van der Waals surface area (Å²) in [5.74, 6) is 0.0272. The molecular formula is C32H30O7. The molecule has 0 aliphatic carbocycles. The molecule has 200 valence electrons. The molecule has 0 bridgehead atoms. The number of carbonyl (C=O) groups is 3. The first-order valence-electron chi connectivity index (χ1n) is 12.0. The number of ether oxygens (including phenoxy) is 4. The first-order valence-corrected chi connectivity index (χ1v) is 12.0. The predicted octanol–water partition coefficient (Wildman–Crippen LogP) is 6.52. The van der Waals surface area contributed by atoms with Gasteiger partial charge in [0.25, 0.3) is 0 Å². The van der Waals surface area contributed by atoms with Gasteiger partial charge in [0.2, 0.25) is 0 Å². The van der Waals surface area contributed by atoms with Crippen LogP contribution < -0.4 is 18.9 Å². The van der Waals surface area contributed by atoms with Crippen LogP contribution in [0.4, 0.5) is 0 Å². The van der Waals surface area contributed by atoms with Crippen LogP contribution >= 0.6 is 0 Å². The number of Topliss-reactive ketones (excluding diaryl/α,β-unsaturated/α-hetero) is 1. The van der Waals surface area contributed by atoms with Gasteiger partial charge in [-0.25, -0.2) is 9.59 Å². The van der Waals surface area contributed by atoms with Gasteiger partial charge in [-0.3, -0.25) is 4.79 Å². The van der Waals surface area contributed by atoms with Crippen molar-refractivity contribution in [1.82, 2.24) is 0 Å². The van der Waals surface area contributed by atoms with Gasteiger partial charge in [-0.05, 0) is 73.4 Å². The summed E-state index contributed by atoms with van der Waals surface area (Å²) >= 11 is 0. The maximum Gasteiger partial charge on any atom is 0.338 e. The summed E-state index contributed by atoms with van der Waals surface area (Å²) in [4.78, 5) is 36.0. The number of hydrogen-bond donors (Lipinski definition) is 0. The van der Waals surface area contributed by atoms with Crippen molar-refractivity contribution < 1.29 is 33.3 Å². The Hall–Kier alpha value is -4.91. The van der Waals surface area contributed by atoms with E-state index in [1.807, 2.05) is 30.3 Å². The number of rotatable bonds is 11. The summed E-state index contributed by atoms with van der Waals surface area (Å²) in [6, 6.07) is 17.8. The lowest BCUT2D eigenvalue weighted by Gasteiger charge is -2.15. The normalized spacial score (nSPS) is 10.3. The van der Waals surface area contributed by atoms with Crippen molar-refractivity contribution in [3.05, 3.63) is 97.1 Å². The van der Waals surface area contributed by atoms with E-state index in [2.05, 4.69) is 19.7 Å². The Morgan fingerprint density at radius 2 is 1.18 bits per heavy atom. The standard InChI is InChI=1S/C32H30O7/c1-19(2)27(33)18-37-28-15-11-24(17-30(28)39-32(35)21(5)6)23-10-14-26(29(16-23)36-7)22-8-12-25(13-9-22)38-31(34)20(3)4/h8-17H,1,3,5,18H2,2,4,6-7H3. The van der Waals surface area contributed by atoms with Crippen LogP contribution in [0.1, 0.15) is 20.8 Å². The van der Waals surface area contributed by atoms with Crippen LogP contribution in [0.3, 0.4) is 0 Å². The summed E-state index contributed by atoms with van der Waals surface area (Å²) in [5.41, 5.74) is 4.10. The van der Waals surface area contributed by atoms with Gasteiger partial charge in [-0.2, -0.15) is 0 Å². The van der Waals surface area contributed by atoms with Crippen LogP contribution in [-0.2, 0) is 14.4 Å². The lowest BCUT2D eigenvalue weighted by Crippen LogP contribution is -2.14. The highest BCUT2D eigenvalue weighted by atomic mass is 16.6. The van der Waals surface area contributed by atoms with E-state index >= 15 is 0 Å². The number of methoxy groups -OCH3 is 1. The monoisotopic (exact) mass is 526 g/mol. The Bertz CT molecular complexity index is 1460. The van der Waals surface area contributed by atoms with E-state index in [0.717, 1.165) is 22.3 Å².